The molecule has 9 atom stereocenters. The van der Waals surface area contributed by atoms with Crippen molar-refractivity contribution in [2.45, 2.75) is 37.4 Å². The molecular weight excluding hydrogens is 247 g/mol. The van der Waals surface area contributed by atoms with Crippen LogP contribution in [-0.4, -0.2) is 22.4 Å². The summed E-state index contributed by atoms with van der Waals surface area (Å²) in [7, 11) is -0.624. The van der Waals surface area contributed by atoms with Gasteiger partial charge >= 0.3 is 0 Å². The molecule has 4 aliphatic carbocycles. The Hall–Kier alpha value is 0.0800. The van der Waals surface area contributed by atoms with Crippen LogP contribution in [0.25, 0.3) is 0 Å². The predicted octanol–water partition coefficient (Wildman–Crippen LogP) is 3.02. The second-order valence-electron chi connectivity index (χ2n) is 7.22. The molecule has 1 nitrogen and oxygen atoms in total. The molecule has 0 aromatic rings. The van der Waals surface area contributed by atoms with Crippen molar-refractivity contribution in [3.05, 3.63) is 0 Å². The molecule has 4 saturated carbocycles. The molecule has 4 rings (SSSR count). The van der Waals surface area contributed by atoms with Crippen molar-refractivity contribution in [1.29, 1.82) is 0 Å². The van der Waals surface area contributed by atoms with Gasteiger partial charge < -0.3 is 0 Å². The zero-order chi connectivity index (χ0) is 12.4. The van der Waals surface area contributed by atoms with E-state index in [4.69, 9.17) is 0 Å². The van der Waals surface area contributed by atoms with Crippen LogP contribution < -0.4 is 0 Å². The van der Waals surface area contributed by atoms with Crippen LogP contribution in [0.3, 0.4) is 0 Å². The molecule has 0 aromatic heterocycles. The van der Waals surface area contributed by atoms with Gasteiger partial charge in [-0.2, -0.15) is 0 Å². The molecule has 0 radical (unpaired) electrons. The van der Waals surface area contributed by atoms with Gasteiger partial charge in [-0.15, -0.1) is 0 Å². The van der Waals surface area contributed by atoms with E-state index >= 15 is 0 Å². The van der Waals surface area contributed by atoms with Crippen LogP contribution in [0.1, 0.15) is 32.1 Å². The summed E-state index contributed by atoms with van der Waals surface area (Å²) in [6, 6.07) is 0. The van der Waals surface area contributed by atoms with Crippen molar-refractivity contribution < 1.29 is 8.60 Å². The second-order valence-corrected chi connectivity index (χ2v) is 8.82. The van der Waals surface area contributed by atoms with Gasteiger partial charge in [-0.05, 0) is 73.5 Å². The average molecular weight is 270 g/mol. The van der Waals surface area contributed by atoms with Gasteiger partial charge in [0.15, 0.2) is 0 Å². The van der Waals surface area contributed by atoms with Gasteiger partial charge in [-0.25, -0.2) is 0 Å². The fourth-order valence-electron chi connectivity index (χ4n) is 6.53. The number of hydrogen-bond acceptors (Lipinski definition) is 1. The summed E-state index contributed by atoms with van der Waals surface area (Å²) in [5.74, 6) is 5.74. The standard InChI is InChI=1S/C15H23FOS/c1-18(17)13-7-10-6-12(13)15-9-4-8(2-3-16)11(5-9)14(10)15/h8-15H,2-7H2,1H3. The number of fused-ring (bicyclic) bond motifs is 9. The normalized spacial score (nSPS) is 58.1. The molecule has 0 amide bonds. The van der Waals surface area contributed by atoms with E-state index in [0.29, 0.717) is 11.2 Å². The van der Waals surface area contributed by atoms with Crippen molar-refractivity contribution in [3.63, 3.8) is 0 Å². The topological polar surface area (TPSA) is 17.1 Å². The summed E-state index contributed by atoms with van der Waals surface area (Å²) in [4.78, 5) is 0. The smallest absolute Gasteiger partial charge is 0.0897 e. The number of alkyl halides is 1. The Labute approximate surface area is 111 Å². The van der Waals surface area contributed by atoms with Gasteiger partial charge in [0.05, 0.1) is 6.67 Å². The van der Waals surface area contributed by atoms with Crippen molar-refractivity contribution in [3.8, 4) is 0 Å². The molecule has 0 spiro atoms. The Balaban J connectivity index is 1.58. The highest BCUT2D eigenvalue weighted by molar-refractivity contribution is 7.84. The fraction of sp³-hybridized carbons (Fsp3) is 1.00. The van der Waals surface area contributed by atoms with Crippen molar-refractivity contribution in [1.82, 2.24) is 0 Å². The van der Waals surface area contributed by atoms with Gasteiger partial charge in [0.25, 0.3) is 0 Å². The van der Waals surface area contributed by atoms with E-state index in [-0.39, 0.29) is 6.67 Å². The molecule has 0 aliphatic heterocycles. The van der Waals surface area contributed by atoms with E-state index in [9.17, 15) is 8.60 Å². The molecule has 18 heavy (non-hydrogen) atoms. The van der Waals surface area contributed by atoms with Crippen LogP contribution in [0.15, 0.2) is 0 Å². The first-order chi connectivity index (χ1) is 8.70. The molecule has 0 heterocycles. The van der Waals surface area contributed by atoms with Crippen molar-refractivity contribution in [2.24, 2.45) is 41.4 Å². The molecule has 4 fully saturated rings. The summed E-state index contributed by atoms with van der Waals surface area (Å²) < 4.78 is 24.5. The lowest BCUT2D eigenvalue weighted by molar-refractivity contribution is 0.0996. The molecule has 3 heteroatoms. The lowest BCUT2D eigenvalue weighted by Gasteiger charge is -2.41. The van der Waals surface area contributed by atoms with Gasteiger partial charge in [0, 0.05) is 22.3 Å². The highest BCUT2D eigenvalue weighted by Gasteiger charge is 2.64. The number of hydrogen-bond donors (Lipinski definition) is 0. The first-order valence-corrected chi connectivity index (χ1v) is 9.21. The maximum Gasteiger partial charge on any atom is 0.0897 e. The van der Waals surface area contributed by atoms with E-state index in [1.807, 2.05) is 6.26 Å². The lowest BCUT2D eigenvalue weighted by Crippen LogP contribution is -2.39. The summed E-state index contributed by atoms with van der Waals surface area (Å²) in [5.41, 5.74) is 0. The van der Waals surface area contributed by atoms with Gasteiger partial charge in [0.2, 0.25) is 0 Å². The first kappa shape index (κ1) is 11.9. The Morgan fingerprint density at radius 3 is 2.44 bits per heavy atom. The highest BCUT2D eigenvalue weighted by Crippen LogP contribution is 2.69. The summed E-state index contributed by atoms with van der Waals surface area (Å²) in [6.07, 6.45) is 7.91. The van der Waals surface area contributed by atoms with E-state index in [0.717, 1.165) is 41.9 Å². The zero-order valence-electron chi connectivity index (χ0n) is 11.1. The van der Waals surface area contributed by atoms with Crippen LogP contribution >= 0.6 is 0 Å². The highest BCUT2D eigenvalue weighted by atomic mass is 32.2. The monoisotopic (exact) mass is 270 g/mol. The lowest BCUT2D eigenvalue weighted by atomic mass is 9.67. The largest absolute Gasteiger partial charge is 0.260 e. The van der Waals surface area contributed by atoms with Gasteiger partial charge in [-0.1, -0.05) is 0 Å². The van der Waals surface area contributed by atoms with Crippen LogP contribution in [0.4, 0.5) is 4.39 Å². The SMILES string of the molecule is CS(=O)C1CC2CC1C1C3CC(CCF)C(C3)C21. The van der Waals surface area contributed by atoms with Crippen LogP contribution in [-0.2, 0) is 10.8 Å². The molecule has 0 N–H and O–H groups in total. The van der Waals surface area contributed by atoms with E-state index in [1.165, 1.54) is 25.7 Å². The van der Waals surface area contributed by atoms with Crippen LogP contribution in [0.2, 0.25) is 0 Å². The maximum atomic E-state index is 12.6. The number of halogens is 1. The van der Waals surface area contributed by atoms with E-state index < -0.39 is 10.8 Å². The van der Waals surface area contributed by atoms with Crippen molar-refractivity contribution in [2.75, 3.05) is 12.9 Å². The minimum absolute atomic E-state index is 0.124. The molecular formula is C15H23FOS. The van der Waals surface area contributed by atoms with Gasteiger partial charge in [-0.3, -0.25) is 8.60 Å². The first-order valence-electron chi connectivity index (χ1n) is 7.59. The average Bonchev–Trinajstić information content (AvgIpc) is 3.05. The quantitative estimate of drug-likeness (QED) is 0.721. The Morgan fingerprint density at radius 2 is 1.72 bits per heavy atom. The number of rotatable bonds is 3. The second kappa shape index (κ2) is 4.04. The summed E-state index contributed by atoms with van der Waals surface area (Å²) in [5, 5.41) is 0.496. The zero-order valence-corrected chi connectivity index (χ0v) is 11.9. The Bertz CT molecular complexity index is 383. The Kier molecular flexibility index (Phi) is 2.66. The molecule has 4 bridgehead atoms. The minimum Gasteiger partial charge on any atom is -0.260 e. The third-order valence-corrected chi connectivity index (χ3v) is 8.20. The fourth-order valence-corrected chi connectivity index (χ4v) is 7.83. The maximum absolute atomic E-state index is 12.6. The molecule has 4 aliphatic rings. The Morgan fingerprint density at radius 1 is 1.06 bits per heavy atom. The van der Waals surface area contributed by atoms with Crippen LogP contribution in [0, 0.1) is 41.4 Å². The van der Waals surface area contributed by atoms with Gasteiger partial charge in [0.1, 0.15) is 0 Å². The third-order valence-electron chi connectivity index (χ3n) is 6.80. The third kappa shape index (κ3) is 1.40. The minimum atomic E-state index is -0.624. The summed E-state index contributed by atoms with van der Waals surface area (Å²) >= 11 is 0. The van der Waals surface area contributed by atoms with Crippen LogP contribution in [0.5, 0.6) is 0 Å². The molecule has 0 saturated heterocycles. The molecule has 0 aromatic carbocycles. The molecule has 9 unspecified atom stereocenters. The molecule has 102 valence electrons. The van der Waals surface area contributed by atoms with E-state index in [2.05, 4.69) is 0 Å². The van der Waals surface area contributed by atoms with E-state index in [1.54, 1.807) is 0 Å². The van der Waals surface area contributed by atoms with Crippen molar-refractivity contribution >= 4 is 10.8 Å². The summed E-state index contributed by atoms with van der Waals surface area (Å²) in [6.45, 7) is -0.124. The predicted molar refractivity (Wildman–Crippen MR) is 71.3 cm³/mol.